The molecular formula is C22H19FN4O2. The molecule has 146 valence electrons. The van der Waals surface area contributed by atoms with Crippen LogP contribution in [0.2, 0.25) is 0 Å². The summed E-state index contributed by atoms with van der Waals surface area (Å²) in [6.07, 6.45) is 0.359. The van der Waals surface area contributed by atoms with E-state index >= 15 is 0 Å². The molecule has 0 unspecified atom stereocenters. The van der Waals surface area contributed by atoms with E-state index in [1.807, 2.05) is 19.1 Å². The predicted molar refractivity (Wildman–Crippen MR) is 107 cm³/mol. The first-order valence-electron chi connectivity index (χ1n) is 9.24. The highest BCUT2D eigenvalue weighted by atomic mass is 19.1. The fourth-order valence-electron chi connectivity index (χ4n) is 2.94. The number of aryl methyl sites for hydroxylation is 4. The first-order valence-corrected chi connectivity index (χ1v) is 9.24. The Labute approximate surface area is 166 Å². The second-order valence-electron chi connectivity index (χ2n) is 6.85. The van der Waals surface area contributed by atoms with Gasteiger partial charge in [0.2, 0.25) is 11.7 Å². The lowest BCUT2D eigenvalue weighted by Gasteiger charge is -2.08. The SMILES string of the molecule is Cc1ccc(-c2ccc(=O)n(CCc3nc(-c4ccc(F)cc4)no3)n2)cc1C. The highest BCUT2D eigenvalue weighted by molar-refractivity contribution is 5.60. The predicted octanol–water partition coefficient (Wildman–Crippen LogP) is 3.96. The molecule has 7 heteroatoms. The Morgan fingerprint density at radius 2 is 1.72 bits per heavy atom. The molecule has 0 saturated heterocycles. The van der Waals surface area contributed by atoms with E-state index in [4.69, 9.17) is 4.52 Å². The van der Waals surface area contributed by atoms with Gasteiger partial charge in [-0.25, -0.2) is 9.07 Å². The van der Waals surface area contributed by atoms with Crippen molar-refractivity contribution in [2.75, 3.05) is 0 Å². The first-order chi connectivity index (χ1) is 14.0. The van der Waals surface area contributed by atoms with E-state index in [1.54, 1.807) is 18.2 Å². The van der Waals surface area contributed by atoms with Crippen LogP contribution >= 0.6 is 0 Å². The Bertz CT molecular complexity index is 1210. The van der Waals surface area contributed by atoms with Crippen LogP contribution in [0.5, 0.6) is 0 Å². The second-order valence-corrected chi connectivity index (χ2v) is 6.85. The molecular weight excluding hydrogens is 371 g/mol. The summed E-state index contributed by atoms with van der Waals surface area (Å²) in [5, 5.41) is 8.39. The van der Waals surface area contributed by atoms with E-state index < -0.39 is 0 Å². The average Bonchev–Trinajstić information content (AvgIpc) is 3.19. The summed E-state index contributed by atoms with van der Waals surface area (Å²) in [6.45, 7) is 4.41. The van der Waals surface area contributed by atoms with Crippen LogP contribution in [0.4, 0.5) is 4.39 Å². The normalized spacial score (nSPS) is 11.0. The van der Waals surface area contributed by atoms with Gasteiger partial charge in [-0.15, -0.1) is 0 Å². The third-order valence-electron chi connectivity index (χ3n) is 4.78. The van der Waals surface area contributed by atoms with Crippen LogP contribution in [0.25, 0.3) is 22.6 Å². The van der Waals surface area contributed by atoms with Crippen molar-refractivity contribution in [3.05, 3.63) is 87.8 Å². The Morgan fingerprint density at radius 3 is 2.48 bits per heavy atom. The van der Waals surface area contributed by atoms with Crippen molar-refractivity contribution in [2.45, 2.75) is 26.8 Å². The molecule has 4 aromatic rings. The minimum atomic E-state index is -0.327. The molecule has 29 heavy (non-hydrogen) atoms. The molecule has 2 aromatic heterocycles. The maximum absolute atomic E-state index is 13.0. The summed E-state index contributed by atoms with van der Waals surface area (Å²) < 4.78 is 19.7. The van der Waals surface area contributed by atoms with Gasteiger partial charge in [0.25, 0.3) is 5.56 Å². The van der Waals surface area contributed by atoms with E-state index in [0.29, 0.717) is 30.2 Å². The van der Waals surface area contributed by atoms with E-state index in [1.165, 1.54) is 34.0 Å². The van der Waals surface area contributed by atoms with E-state index in [0.717, 1.165) is 11.3 Å². The van der Waals surface area contributed by atoms with E-state index in [9.17, 15) is 9.18 Å². The number of rotatable bonds is 5. The van der Waals surface area contributed by atoms with Gasteiger partial charge in [0, 0.05) is 23.6 Å². The third kappa shape index (κ3) is 4.13. The molecule has 0 aliphatic carbocycles. The summed E-state index contributed by atoms with van der Waals surface area (Å²) in [5.74, 6) is 0.436. The van der Waals surface area contributed by atoms with Crippen molar-refractivity contribution < 1.29 is 8.91 Å². The molecule has 0 fully saturated rings. The first kappa shape index (κ1) is 18.7. The molecule has 0 spiro atoms. The molecule has 4 rings (SSSR count). The topological polar surface area (TPSA) is 73.8 Å². The second kappa shape index (κ2) is 7.79. The molecule has 0 aliphatic heterocycles. The van der Waals surface area contributed by atoms with Crippen LogP contribution < -0.4 is 5.56 Å². The monoisotopic (exact) mass is 390 g/mol. The van der Waals surface area contributed by atoms with Crippen LogP contribution in [0.15, 0.2) is 63.9 Å². The standard InChI is InChI=1S/C22H19FN4O2/c1-14-3-4-17(13-15(14)2)19-9-10-21(28)27(25-19)12-11-20-24-22(26-29-20)16-5-7-18(23)8-6-16/h3-10,13H,11-12H2,1-2H3. The third-order valence-corrected chi connectivity index (χ3v) is 4.78. The van der Waals surface area contributed by atoms with Crippen molar-refractivity contribution in [3.8, 4) is 22.6 Å². The Morgan fingerprint density at radius 1 is 0.966 bits per heavy atom. The Hall–Kier alpha value is -3.61. The summed E-state index contributed by atoms with van der Waals surface area (Å²) in [6, 6.07) is 15.2. The quantitative estimate of drug-likeness (QED) is 0.516. The van der Waals surface area contributed by atoms with Crippen LogP contribution in [0.1, 0.15) is 17.0 Å². The van der Waals surface area contributed by atoms with Crippen molar-refractivity contribution in [2.24, 2.45) is 0 Å². The summed E-state index contributed by atoms with van der Waals surface area (Å²) >= 11 is 0. The molecule has 0 bridgehead atoms. The lowest BCUT2D eigenvalue weighted by Crippen LogP contribution is -2.23. The zero-order chi connectivity index (χ0) is 20.4. The van der Waals surface area contributed by atoms with Crippen LogP contribution in [-0.2, 0) is 13.0 Å². The fourth-order valence-corrected chi connectivity index (χ4v) is 2.94. The van der Waals surface area contributed by atoms with Crippen molar-refractivity contribution in [3.63, 3.8) is 0 Å². The number of halogens is 1. The average molecular weight is 390 g/mol. The van der Waals surface area contributed by atoms with Gasteiger partial charge in [0.1, 0.15) is 5.82 Å². The van der Waals surface area contributed by atoms with Gasteiger partial charge >= 0.3 is 0 Å². The van der Waals surface area contributed by atoms with Crippen LogP contribution in [0, 0.1) is 19.7 Å². The van der Waals surface area contributed by atoms with Crippen LogP contribution in [-0.4, -0.2) is 19.9 Å². The van der Waals surface area contributed by atoms with Gasteiger partial charge in [-0.05, 0) is 61.4 Å². The molecule has 2 heterocycles. The highest BCUT2D eigenvalue weighted by Gasteiger charge is 2.10. The zero-order valence-corrected chi connectivity index (χ0v) is 16.1. The van der Waals surface area contributed by atoms with Gasteiger partial charge in [0.05, 0.1) is 12.2 Å². The number of nitrogens with zero attached hydrogens (tertiary/aromatic N) is 4. The van der Waals surface area contributed by atoms with Gasteiger partial charge in [-0.2, -0.15) is 10.1 Å². The van der Waals surface area contributed by atoms with Crippen LogP contribution in [0.3, 0.4) is 0 Å². The Balaban J connectivity index is 1.52. The molecule has 0 N–H and O–H groups in total. The molecule has 6 nitrogen and oxygen atoms in total. The zero-order valence-electron chi connectivity index (χ0n) is 16.1. The van der Waals surface area contributed by atoms with E-state index in [-0.39, 0.29) is 11.4 Å². The van der Waals surface area contributed by atoms with Crippen molar-refractivity contribution in [1.29, 1.82) is 0 Å². The summed E-state index contributed by atoms with van der Waals surface area (Å²) in [5.41, 5.74) is 4.52. The summed E-state index contributed by atoms with van der Waals surface area (Å²) in [7, 11) is 0. The largest absolute Gasteiger partial charge is 0.339 e. The number of aromatic nitrogens is 4. The number of benzene rings is 2. The van der Waals surface area contributed by atoms with Crippen molar-refractivity contribution >= 4 is 0 Å². The maximum atomic E-state index is 13.0. The van der Waals surface area contributed by atoms with Crippen molar-refractivity contribution in [1.82, 2.24) is 19.9 Å². The van der Waals surface area contributed by atoms with Gasteiger partial charge in [-0.1, -0.05) is 17.3 Å². The maximum Gasteiger partial charge on any atom is 0.266 e. The molecule has 2 aromatic carbocycles. The van der Waals surface area contributed by atoms with Gasteiger partial charge < -0.3 is 4.52 Å². The molecule has 0 aliphatic rings. The lowest BCUT2D eigenvalue weighted by molar-refractivity contribution is 0.368. The molecule has 0 amide bonds. The summed E-state index contributed by atoms with van der Waals surface area (Å²) in [4.78, 5) is 16.5. The van der Waals surface area contributed by atoms with Gasteiger partial charge in [0.15, 0.2) is 0 Å². The highest BCUT2D eigenvalue weighted by Crippen LogP contribution is 2.19. The Kier molecular flexibility index (Phi) is 5.03. The number of hydrogen-bond donors (Lipinski definition) is 0. The molecule has 0 saturated carbocycles. The molecule has 0 atom stereocenters. The van der Waals surface area contributed by atoms with E-state index in [2.05, 4.69) is 28.2 Å². The minimum Gasteiger partial charge on any atom is -0.339 e. The number of hydrogen-bond acceptors (Lipinski definition) is 5. The van der Waals surface area contributed by atoms with Gasteiger partial charge in [-0.3, -0.25) is 4.79 Å². The molecule has 0 radical (unpaired) electrons. The lowest BCUT2D eigenvalue weighted by atomic mass is 10.0. The smallest absolute Gasteiger partial charge is 0.266 e. The minimum absolute atomic E-state index is 0.198. The fraction of sp³-hybridized carbons (Fsp3) is 0.182.